The lowest BCUT2D eigenvalue weighted by Gasteiger charge is -2.32. The number of fused-ring (bicyclic) bond motifs is 1. The van der Waals surface area contributed by atoms with Gasteiger partial charge >= 0.3 is 11.9 Å². The molecule has 1 spiro atoms. The van der Waals surface area contributed by atoms with Gasteiger partial charge in [-0.1, -0.05) is 0 Å². The summed E-state index contributed by atoms with van der Waals surface area (Å²) in [6, 6.07) is 0. The zero-order valence-electron chi connectivity index (χ0n) is 9.60. The molecule has 17 heavy (non-hydrogen) atoms. The lowest BCUT2D eigenvalue weighted by Crippen LogP contribution is -2.42. The predicted octanol–water partition coefficient (Wildman–Crippen LogP) is 0.460. The van der Waals surface area contributed by atoms with Gasteiger partial charge in [-0.2, -0.15) is 0 Å². The second-order valence-corrected chi connectivity index (χ2v) is 5.15. The molecule has 1 heterocycles. The highest BCUT2D eigenvalue weighted by Crippen LogP contribution is 2.59. The highest BCUT2D eigenvalue weighted by atomic mass is 16.6. The van der Waals surface area contributed by atoms with Crippen molar-refractivity contribution in [2.45, 2.75) is 31.8 Å². The molecule has 3 rings (SSSR count). The summed E-state index contributed by atoms with van der Waals surface area (Å²) in [7, 11) is 1.29. The summed E-state index contributed by atoms with van der Waals surface area (Å²) in [6.07, 6.45) is 1.90. The monoisotopic (exact) mass is 238 g/mol. The second kappa shape index (κ2) is 3.31. The molecule has 5 nitrogen and oxygen atoms in total. The third-order valence-electron chi connectivity index (χ3n) is 4.52. The number of carbonyl (C=O) groups excluding carboxylic acids is 3. The van der Waals surface area contributed by atoms with E-state index in [-0.39, 0.29) is 30.2 Å². The Balaban J connectivity index is 2.06. The van der Waals surface area contributed by atoms with Crippen molar-refractivity contribution in [2.24, 2.45) is 17.3 Å². The number of Topliss-reactive ketones (excluding diaryl/α,β-unsaturated/α-hetero) is 1. The van der Waals surface area contributed by atoms with Crippen LogP contribution < -0.4 is 0 Å². The topological polar surface area (TPSA) is 69.7 Å². The normalized spacial score (nSPS) is 43.2. The van der Waals surface area contributed by atoms with Crippen LogP contribution in [0.4, 0.5) is 0 Å². The molecular formula is C12H14O5. The molecule has 0 aromatic carbocycles. The molecule has 0 amide bonds. The second-order valence-electron chi connectivity index (χ2n) is 5.15. The zero-order valence-corrected chi connectivity index (χ0v) is 9.60. The molecule has 1 saturated heterocycles. The summed E-state index contributed by atoms with van der Waals surface area (Å²) in [5.74, 6) is -1.79. The molecule has 0 unspecified atom stereocenters. The van der Waals surface area contributed by atoms with Crippen molar-refractivity contribution in [3.05, 3.63) is 0 Å². The Morgan fingerprint density at radius 2 is 2.18 bits per heavy atom. The Bertz CT molecular complexity index is 413. The van der Waals surface area contributed by atoms with E-state index >= 15 is 0 Å². The van der Waals surface area contributed by atoms with Crippen LogP contribution in [0, 0.1) is 17.3 Å². The number of methoxy groups -OCH3 is 1. The van der Waals surface area contributed by atoms with Crippen LogP contribution in [0.25, 0.3) is 0 Å². The van der Waals surface area contributed by atoms with E-state index in [2.05, 4.69) is 0 Å². The first-order valence-electron chi connectivity index (χ1n) is 5.91. The van der Waals surface area contributed by atoms with Gasteiger partial charge in [0.05, 0.1) is 18.4 Å². The molecule has 1 aliphatic heterocycles. The molecule has 92 valence electrons. The minimum atomic E-state index is -0.910. The minimum Gasteiger partial charge on any atom is -0.469 e. The first-order chi connectivity index (χ1) is 8.09. The highest BCUT2D eigenvalue weighted by molar-refractivity contribution is 6.00. The van der Waals surface area contributed by atoms with Gasteiger partial charge in [-0.05, 0) is 12.8 Å². The molecule has 2 bridgehead atoms. The number of ether oxygens (including phenoxy) is 2. The fraction of sp³-hybridized carbons (Fsp3) is 0.750. The summed E-state index contributed by atoms with van der Waals surface area (Å²) in [4.78, 5) is 35.8. The Labute approximate surface area is 98.4 Å². The molecular weight excluding hydrogens is 224 g/mol. The lowest BCUT2D eigenvalue weighted by molar-refractivity contribution is -0.160. The van der Waals surface area contributed by atoms with Crippen molar-refractivity contribution in [1.29, 1.82) is 0 Å². The zero-order chi connectivity index (χ0) is 12.2. The first kappa shape index (κ1) is 10.7. The fourth-order valence-electron chi connectivity index (χ4n) is 3.76. The molecule has 2 saturated carbocycles. The smallest absolute Gasteiger partial charge is 0.314 e. The molecule has 4 atom stereocenters. The van der Waals surface area contributed by atoms with Crippen LogP contribution >= 0.6 is 0 Å². The van der Waals surface area contributed by atoms with Gasteiger partial charge in [0, 0.05) is 18.8 Å². The number of carbonyl (C=O) groups is 3. The van der Waals surface area contributed by atoms with Crippen molar-refractivity contribution >= 4 is 17.7 Å². The van der Waals surface area contributed by atoms with Crippen LogP contribution in [0.5, 0.6) is 0 Å². The summed E-state index contributed by atoms with van der Waals surface area (Å²) < 4.78 is 9.99. The summed E-state index contributed by atoms with van der Waals surface area (Å²) in [5, 5.41) is 0. The number of rotatable bonds is 1. The third-order valence-corrected chi connectivity index (χ3v) is 4.52. The highest BCUT2D eigenvalue weighted by Gasteiger charge is 2.68. The minimum absolute atomic E-state index is 0.0118. The van der Waals surface area contributed by atoms with Gasteiger partial charge in [0.1, 0.15) is 11.9 Å². The van der Waals surface area contributed by atoms with E-state index in [4.69, 9.17) is 9.47 Å². The summed E-state index contributed by atoms with van der Waals surface area (Å²) >= 11 is 0. The van der Waals surface area contributed by atoms with Gasteiger partial charge in [-0.15, -0.1) is 0 Å². The van der Waals surface area contributed by atoms with Crippen LogP contribution in [0.2, 0.25) is 0 Å². The van der Waals surface area contributed by atoms with Gasteiger partial charge in [-0.3, -0.25) is 14.4 Å². The standard InChI is InChI=1S/C12H14O5/c1-16-10(14)8-4-9(13)7-3-2-6-5-12(7,8)11(15)17-6/h6-8H,2-5H2,1H3/t6-,7-,8-,12-/m0/s1. The maximum atomic E-state index is 12.1. The van der Waals surface area contributed by atoms with Crippen molar-refractivity contribution in [1.82, 2.24) is 0 Å². The van der Waals surface area contributed by atoms with E-state index in [1.165, 1.54) is 7.11 Å². The Hall–Kier alpha value is -1.39. The Morgan fingerprint density at radius 1 is 1.41 bits per heavy atom. The number of ketones is 1. The van der Waals surface area contributed by atoms with E-state index < -0.39 is 17.3 Å². The maximum absolute atomic E-state index is 12.1. The molecule has 5 heteroatoms. The van der Waals surface area contributed by atoms with Gasteiger partial charge in [0.15, 0.2) is 0 Å². The van der Waals surface area contributed by atoms with Gasteiger partial charge < -0.3 is 9.47 Å². The molecule has 0 N–H and O–H groups in total. The van der Waals surface area contributed by atoms with Crippen molar-refractivity contribution in [3.8, 4) is 0 Å². The summed E-state index contributed by atoms with van der Waals surface area (Å²) in [6.45, 7) is 0. The molecule has 2 aliphatic carbocycles. The van der Waals surface area contributed by atoms with Crippen LogP contribution in [0.3, 0.4) is 0 Å². The molecule has 3 aliphatic rings. The molecule has 0 radical (unpaired) electrons. The number of hydrogen-bond donors (Lipinski definition) is 0. The quantitative estimate of drug-likeness (QED) is 0.621. The third kappa shape index (κ3) is 1.17. The first-order valence-corrected chi connectivity index (χ1v) is 5.91. The lowest BCUT2D eigenvalue weighted by atomic mass is 9.65. The SMILES string of the molecule is COC(=O)[C@@H]1CC(=O)[C@@H]2CC[C@H]3C[C@]21C(=O)O3. The van der Waals surface area contributed by atoms with Crippen molar-refractivity contribution in [2.75, 3.05) is 7.11 Å². The van der Waals surface area contributed by atoms with Gasteiger partial charge in [0.25, 0.3) is 0 Å². The van der Waals surface area contributed by atoms with E-state index in [1.807, 2.05) is 0 Å². The van der Waals surface area contributed by atoms with Crippen LogP contribution in [0.1, 0.15) is 25.7 Å². The number of hydrogen-bond acceptors (Lipinski definition) is 5. The molecule has 0 aromatic heterocycles. The average molecular weight is 238 g/mol. The summed E-state index contributed by atoms with van der Waals surface area (Å²) in [5.41, 5.74) is -0.910. The van der Waals surface area contributed by atoms with E-state index in [1.54, 1.807) is 0 Å². The van der Waals surface area contributed by atoms with Crippen molar-refractivity contribution < 1.29 is 23.9 Å². The fourth-order valence-corrected chi connectivity index (χ4v) is 3.76. The Morgan fingerprint density at radius 3 is 2.88 bits per heavy atom. The van der Waals surface area contributed by atoms with Gasteiger partial charge in [-0.25, -0.2) is 0 Å². The molecule has 0 aromatic rings. The Kier molecular flexibility index (Phi) is 2.09. The molecule has 3 fully saturated rings. The van der Waals surface area contributed by atoms with Crippen LogP contribution in [0.15, 0.2) is 0 Å². The number of esters is 2. The average Bonchev–Trinajstić information content (AvgIpc) is 2.75. The van der Waals surface area contributed by atoms with Gasteiger partial charge in [0.2, 0.25) is 0 Å². The maximum Gasteiger partial charge on any atom is 0.314 e. The van der Waals surface area contributed by atoms with E-state index in [0.717, 1.165) is 6.42 Å². The van der Waals surface area contributed by atoms with E-state index in [0.29, 0.717) is 12.8 Å². The van der Waals surface area contributed by atoms with Crippen LogP contribution in [-0.2, 0) is 23.9 Å². The van der Waals surface area contributed by atoms with Crippen molar-refractivity contribution in [3.63, 3.8) is 0 Å². The largest absolute Gasteiger partial charge is 0.469 e. The predicted molar refractivity (Wildman–Crippen MR) is 54.8 cm³/mol. The van der Waals surface area contributed by atoms with E-state index in [9.17, 15) is 14.4 Å². The van der Waals surface area contributed by atoms with Crippen LogP contribution in [-0.4, -0.2) is 30.9 Å².